The standard InChI is InChI=1S/C19H20O5/c1-3-23-19(22)18(24-13(2)20)16-11-7-10-15(12-16)17(21)14-8-5-4-6-9-14/h4-6,8-9,12H,3,7,10-11H2,1-2H3. The van der Waals surface area contributed by atoms with E-state index in [9.17, 15) is 14.4 Å². The summed E-state index contributed by atoms with van der Waals surface area (Å²) in [5.74, 6) is -1.49. The Bertz CT molecular complexity index is 698. The van der Waals surface area contributed by atoms with Crippen molar-refractivity contribution in [3.8, 4) is 0 Å². The highest BCUT2D eigenvalue weighted by molar-refractivity contribution is 6.09. The lowest BCUT2D eigenvalue weighted by Crippen LogP contribution is -2.17. The van der Waals surface area contributed by atoms with E-state index in [1.165, 1.54) is 6.92 Å². The normalized spacial score (nSPS) is 16.0. The molecule has 0 bridgehead atoms. The molecule has 0 N–H and O–H groups in total. The van der Waals surface area contributed by atoms with E-state index in [-0.39, 0.29) is 18.1 Å². The molecule has 5 nitrogen and oxygen atoms in total. The third-order valence-corrected chi connectivity index (χ3v) is 3.57. The molecule has 0 radical (unpaired) electrons. The van der Waals surface area contributed by atoms with Crippen molar-refractivity contribution >= 4 is 17.7 Å². The highest BCUT2D eigenvalue weighted by atomic mass is 16.6. The minimum atomic E-state index is -0.688. The summed E-state index contributed by atoms with van der Waals surface area (Å²) in [5.41, 5.74) is 1.71. The summed E-state index contributed by atoms with van der Waals surface area (Å²) in [6, 6.07) is 8.95. The Morgan fingerprint density at radius 2 is 1.79 bits per heavy atom. The predicted octanol–water partition coefficient (Wildman–Crippen LogP) is 3.36. The molecule has 1 aromatic rings. The van der Waals surface area contributed by atoms with Gasteiger partial charge in [0.15, 0.2) is 5.78 Å². The summed E-state index contributed by atoms with van der Waals surface area (Å²) in [5, 5.41) is 0. The Hall–Kier alpha value is -2.69. The molecule has 126 valence electrons. The van der Waals surface area contributed by atoms with Crippen LogP contribution in [0.1, 0.15) is 43.5 Å². The quantitative estimate of drug-likeness (QED) is 0.359. The lowest BCUT2D eigenvalue weighted by atomic mass is 9.89. The van der Waals surface area contributed by atoms with Crippen molar-refractivity contribution in [1.29, 1.82) is 0 Å². The van der Waals surface area contributed by atoms with Gasteiger partial charge in [-0.25, -0.2) is 4.79 Å². The summed E-state index contributed by atoms with van der Waals surface area (Å²) >= 11 is 0. The van der Waals surface area contributed by atoms with Gasteiger partial charge in [-0.3, -0.25) is 9.59 Å². The van der Waals surface area contributed by atoms with E-state index in [0.717, 1.165) is 0 Å². The fourth-order valence-electron chi connectivity index (χ4n) is 2.54. The number of ketones is 1. The zero-order chi connectivity index (χ0) is 17.5. The van der Waals surface area contributed by atoms with Crippen LogP contribution in [0, 0.1) is 0 Å². The van der Waals surface area contributed by atoms with Crippen LogP contribution in [-0.4, -0.2) is 24.3 Å². The van der Waals surface area contributed by atoms with Crippen LogP contribution >= 0.6 is 0 Å². The van der Waals surface area contributed by atoms with Gasteiger partial charge in [-0.1, -0.05) is 30.3 Å². The molecule has 1 aliphatic rings. The first-order valence-corrected chi connectivity index (χ1v) is 7.92. The Balaban J connectivity index is 2.38. The first kappa shape index (κ1) is 17.7. The lowest BCUT2D eigenvalue weighted by Gasteiger charge is -2.17. The van der Waals surface area contributed by atoms with E-state index in [2.05, 4.69) is 0 Å². The Kier molecular flexibility index (Phi) is 6.07. The van der Waals surface area contributed by atoms with Crippen molar-refractivity contribution in [3.63, 3.8) is 0 Å². The lowest BCUT2D eigenvalue weighted by molar-refractivity contribution is -0.150. The highest BCUT2D eigenvalue weighted by Gasteiger charge is 2.24. The summed E-state index contributed by atoms with van der Waals surface area (Å²) in [4.78, 5) is 35.9. The highest BCUT2D eigenvalue weighted by Crippen LogP contribution is 2.28. The second-order valence-corrected chi connectivity index (χ2v) is 5.39. The number of esters is 2. The third-order valence-electron chi connectivity index (χ3n) is 3.57. The summed E-state index contributed by atoms with van der Waals surface area (Å²) in [7, 11) is 0. The predicted molar refractivity (Wildman–Crippen MR) is 88.1 cm³/mol. The van der Waals surface area contributed by atoms with Gasteiger partial charge in [0.05, 0.1) is 6.61 Å². The van der Waals surface area contributed by atoms with Crippen LogP contribution in [0.15, 0.2) is 53.3 Å². The molecule has 1 aromatic carbocycles. The molecule has 2 rings (SSSR count). The first-order valence-electron chi connectivity index (χ1n) is 7.92. The molecule has 0 atom stereocenters. The van der Waals surface area contributed by atoms with Gasteiger partial charge in [0, 0.05) is 23.6 Å². The third kappa shape index (κ3) is 4.41. The van der Waals surface area contributed by atoms with Crippen LogP contribution in [0.2, 0.25) is 0 Å². The monoisotopic (exact) mass is 328 g/mol. The molecule has 0 aliphatic heterocycles. The van der Waals surface area contributed by atoms with E-state index >= 15 is 0 Å². The van der Waals surface area contributed by atoms with Crippen LogP contribution in [-0.2, 0) is 19.1 Å². The molecule has 0 saturated carbocycles. The number of rotatable bonds is 5. The maximum absolute atomic E-state index is 12.6. The largest absolute Gasteiger partial charge is 0.460 e. The molecule has 5 heteroatoms. The zero-order valence-electron chi connectivity index (χ0n) is 13.8. The van der Waals surface area contributed by atoms with Crippen molar-refractivity contribution in [2.24, 2.45) is 0 Å². The second-order valence-electron chi connectivity index (χ2n) is 5.39. The van der Waals surface area contributed by atoms with Crippen molar-refractivity contribution < 1.29 is 23.9 Å². The average molecular weight is 328 g/mol. The zero-order valence-corrected chi connectivity index (χ0v) is 13.8. The fraction of sp³-hybridized carbons (Fsp3) is 0.316. The van der Waals surface area contributed by atoms with Gasteiger partial charge in [-0.2, -0.15) is 0 Å². The number of ether oxygens (including phenoxy) is 2. The molecule has 0 aromatic heterocycles. The molecule has 0 unspecified atom stereocenters. The van der Waals surface area contributed by atoms with Crippen LogP contribution in [0.25, 0.3) is 0 Å². The van der Waals surface area contributed by atoms with E-state index in [1.807, 2.05) is 6.07 Å². The van der Waals surface area contributed by atoms with Crippen LogP contribution in [0.3, 0.4) is 0 Å². The van der Waals surface area contributed by atoms with Gasteiger partial charge < -0.3 is 9.47 Å². The average Bonchev–Trinajstić information content (AvgIpc) is 2.60. The van der Waals surface area contributed by atoms with Gasteiger partial charge in [-0.05, 0) is 32.3 Å². The minimum Gasteiger partial charge on any atom is -0.460 e. The van der Waals surface area contributed by atoms with Crippen molar-refractivity contribution in [3.05, 3.63) is 58.9 Å². The maximum atomic E-state index is 12.6. The summed E-state index contributed by atoms with van der Waals surface area (Å²) in [6.07, 6.45) is 3.51. The number of benzene rings is 1. The fourth-order valence-corrected chi connectivity index (χ4v) is 2.54. The Morgan fingerprint density at radius 1 is 1.08 bits per heavy atom. The summed E-state index contributed by atoms with van der Waals surface area (Å²) in [6.45, 7) is 3.08. The molecule has 1 aliphatic carbocycles. The Labute approximate surface area is 141 Å². The molecular weight excluding hydrogens is 308 g/mol. The van der Waals surface area contributed by atoms with E-state index in [1.54, 1.807) is 37.3 Å². The molecule has 24 heavy (non-hydrogen) atoms. The van der Waals surface area contributed by atoms with Crippen LogP contribution < -0.4 is 0 Å². The van der Waals surface area contributed by atoms with E-state index in [0.29, 0.717) is 36.0 Å². The minimum absolute atomic E-state index is 0.0844. The smallest absolute Gasteiger partial charge is 0.374 e. The number of carbonyl (C=O) groups is 3. The van der Waals surface area contributed by atoms with Gasteiger partial charge in [0.2, 0.25) is 5.76 Å². The summed E-state index contributed by atoms with van der Waals surface area (Å²) < 4.78 is 10.00. The van der Waals surface area contributed by atoms with Gasteiger partial charge >= 0.3 is 11.9 Å². The molecular formula is C19H20O5. The SMILES string of the molecule is CCOC(=O)C(OC(C)=O)=C1C=C(C(=O)c2ccccc2)CCC1. The molecule has 0 heterocycles. The van der Waals surface area contributed by atoms with Crippen LogP contribution in [0.4, 0.5) is 0 Å². The molecule has 0 amide bonds. The number of carbonyl (C=O) groups excluding carboxylic acids is 3. The second kappa shape index (κ2) is 8.24. The van der Waals surface area contributed by atoms with Crippen molar-refractivity contribution in [2.75, 3.05) is 6.61 Å². The van der Waals surface area contributed by atoms with E-state index < -0.39 is 11.9 Å². The maximum Gasteiger partial charge on any atom is 0.374 e. The van der Waals surface area contributed by atoms with Gasteiger partial charge in [-0.15, -0.1) is 0 Å². The van der Waals surface area contributed by atoms with Crippen LogP contribution in [0.5, 0.6) is 0 Å². The van der Waals surface area contributed by atoms with Gasteiger partial charge in [0.25, 0.3) is 0 Å². The Morgan fingerprint density at radius 3 is 2.42 bits per heavy atom. The number of hydrogen-bond donors (Lipinski definition) is 0. The number of allylic oxidation sites excluding steroid dienone is 3. The van der Waals surface area contributed by atoms with Gasteiger partial charge in [0.1, 0.15) is 0 Å². The molecule has 0 saturated heterocycles. The first-order chi connectivity index (χ1) is 11.5. The topological polar surface area (TPSA) is 69.7 Å². The molecule has 0 spiro atoms. The molecule has 0 fully saturated rings. The van der Waals surface area contributed by atoms with Crippen molar-refractivity contribution in [1.82, 2.24) is 0 Å². The van der Waals surface area contributed by atoms with Crippen molar-refractivity contribution in [2.45, 2.75) is 33.1 Å². The number of hydrogen-bond acceptors (Lipinski definition) is 5. The van der Waals surface area contributed by atoms with E-state index in [4.69, 9.17) is 9.47 Å². The number of Topliss-reactive ketones (excluding diaryl/α,β-unsaturated/α-hetero) is 1.